The Morgan fingerprint density at radius 2 is 2.23 bits per heavy atom. The van der Waals surface area contributed by atoms with Crippen molar-refractivity contribution in [1.29, 1.82) is 0 Å². The lowest BCUT2D eigenvalue weighted by Gasteiger charge is -2.33. The summed E-state index contributed by atoms with van der Waals surface area (Å²) in [6.45, 7) is 1.01. The van der Waals surface area contributed by atoms with Gasteiger partial charge in [0.25, 0.3) is 0 Å². The van der Waals surface area contributed by atoms with E-state index in [4.69, 9.17) is 14.2 Å². The molecule has 22 heavy (non-hydrogen) atoms. The highest BCUT2D eigenvalue weighted by Crippen LogP contribution is 2.46. The largest absolute Gasteiger partial charge is 0.454 e. The van der Waals surface area contributed by atoms with Crippen molar-refractivity contribution in [3.05, 3.63) is 29.8 Å². The first-order valence-electron chi connectivity index (χ1n) is 7.73. The summed E-state index contributed by atoms with van der Waals surface area (Å²) in [5.74, 6) is 2.08. The molecule has 4 rings (SSSR count). The molecule has 116 valence electrons. The van der Waals surface area contributed by atoms with Crippen LogP contribution in [0, 0.1) is 5.92 Å². The van der Waals surface area contributed by atoms with Gasteiger partial charge >= 0.3 is 6.09 Å². The van der Waals surface area contributed by atoms with Crippen molar-refractivity contribution < 1.29 is 19.0 Å². The lowest BCUT2D eigenvalue weighted by molar-refractivity contribution is 0.122. The number of carbonyl (C=O) groups excluding carboxylic acids is 1. The number of ether oxygens (including phenoxy) is 3. The monoisotopic (exact) mass is 301 g/mol. The van der Waals surface area contributed by atoms with Crippen LogP contribution in [-0.4, -0.2) is 37.5 Å². The number of allylic oxidation sites excluding steroid dienone is 1. The lowest BCUT2D eigenvalue weighted by Crippen LogP contribution is -2.39. The van der Waals surface area contributed by atoms with Crippen molar-refractivity contribution in [2.75, 3.05) is 20.4 Å². The van der Waals surface area contributed by atoms with E-state index in [1.807, 2.05) is 17.0 Å². The van der Waals surface area contributed by atoms with E-state index in [1.54, 1.807) is 0 Å². The lowest BCUT2D eigenvalue weighted by atomic mass is 9.81. The fourth-order valence-electron chi connectivity index (χ4n) is 3.90. The summed E-state index contributed by atoms with van der Waals surface area (Å²) in [5.41, 5.74) is 2.21. The number of para-hydroxylation sites is 1. The summed E-state index contributed by atoms with van der Waals surface area (Å²) in [4.78, 5) is 14.0. The fraction of sp³-hybridized carbons (Fsp3) is 0.471. The second kappa shape index (κ2) is 5.23. The highest BCUT2D eigenvalue weighted by molar-refractivity contribution is 5.81. The highest BCUT2D eigenvalue weighted by atomic mass is 16.7. The van der Waals surface area contributed by atoms with E-state index in [0.717, 1.165) is 42.9 Å². The molecule has 1 aliphatic carbocycles. The first-order chi connectivity index (χ1) is 10.8. The van der Waals surface area contributed by atoms with Gasteiger partial charge in [0, 0.05) is 12.1 Å². The van der Waals surface area contributed by atoms with Gasteiger partial charge in [0.15, 0.2) is 11.5 Å². The minimum Gasteiger partial charge on any atom is -0.454 e. The quantitative estimate of drug-likeness (QED) is 0.800. The molecule has 1 saturated heterocycles. The van der Waals surface area contributed by atoms with Crippen LogP contribution >= 0.6 is 0 Å². The molecule has 0 radical (unpaired) electrons. The van der Waals surface area contributed by atoms with Gasteiger partial charge in [0.05, 0.1) is 13.2 Å². The van der Waals surface area contributed by atoms with Gasteiger partial charge in [-0.25, -0.2) is 4.79 Å². The predicted octanol–water partition coefficient (Wildman–Crippen LogP) is 3.05. The molecule has 0 unspecified atom stereocenters. The molecule has 5 heteroatoms. The maximum absolute atomic E-state index is 12.1. The molecule has 0 N–H and O–H groups in total. The standard InChI is InChI=1S/C17H19NO4/c1-20-17(19)18-9-8-11-4-2-5-12(15(11)18)13-6-3-7-14-16(13)22-10-21-14/h3,5-7,11,15H,2,4,8-10H2,1H3/t11-,15+/m0/s1. The number of methoxy groups -OCH3 is 1. The Morgan fingerprint density at radius 1 is 1.32 bits per heavy atom. The van der Waals surface area contributed by atoms with Crippen LogP contribution in [0.3, 0.4) is 0 Å². The van der Waals surface area contributed by atoms with Crippen LogP contribution in [0.4, 0.5) is 4.79 Å². The zero-order chi connectivity index (χ0) is 15.1. The van der Waals surface area contributed by atoms with E-state index in [-0.39, 0.29) is 18.9 Å². The van der Waals surface area contributed by atoms with Crippen molar-refractivity contribution in [1.82, 2.24) is 4.90 Å². The van der Waals surface area contributed by atoms with Crippen LogP contribution in [0.25, 0.3) is 5.57 Å². The molecule has 1 amide bonds. The number of rotatable bonds is 1. The van der Waals surface area contributed by atoms with Gasteiger partial charge in [-0.05, 0) is 36.8 Å². The van der Waals surface area contributed by atoms with Crippen LogP contribution in [-0.2, 0) is 4.74 Å². The van der Waals surface area contributed by atoms with E-state index < -0.39 is 0 Å². The number of amides is 1. The Hall–Kier alpha value is -2.17. The molecule has 1 aromatic rings. The molecule has 1 fully saturated rings. The highest BCUT2D eigenvalue weighted by Gasteiger charge is 2.42. The third-order valence-corrected chi connectivity index (χ3v) is 4.86. The molecule has 2 heterocycles. The summed E-state index contributed by atoms with van der Waals surface area (Å²) >= 11 is 0. The maximum atomic E-state index is 12.1. The summed E-state index contributed by atoms with van der Waals surface area (Å²) in [5, 5.41) is 0. The Bertz CT molecular complexity index is 640. The topological polar surface area (TPSA) is 48.0 Å². The molecule has 2 aliphatic heterocycles. The average molecular weight is 301 g/mol. The van der Waals surface area contributed by atoms with E-state index in [9.17, 15) is 4.79 Å². The van der Waals surface area contributed by atoms with Crippen molar-refractivity contribution in [3.8, 4) is 11.5 Å². The molecule has 1 aromatic carbocycles. The number of hydrogen-bond donors (Lipinski definition) is 0. The summed E-state index contributed by atoms with van der Waals surface area (Å²) in [6.07, 6.45) is 5.18. The van der Waals surface area contributed by atoms with E-state index in [1.165, 1.54) is 12.7 Å². The molecule has 0 bridgehead atoms. The van der Waals surface area contributed by atoms with Gasteiger partial charge in [-0.1, -0.05) is 18.2 Å². The summed E-state index contributed by atoms with van der Waals surface area (Å²) in [7, 11) is 1.44. The fourth-order valence-corrected chi connectivity index (χ4v) is 3.90. The van der Waals surface area contributed by atoms with Crippen molar-refractivity contribution >= 4 is 11.7 Å². The Balaban J connectivity index is 1.76. The number of likely N-dealkylation sites (tertiary alicyclic amines) is 1. The van der Waals surface area contributed by atoms with Gasteiger partial charge in [-0.3, -0.25) is 0 Å². The Morgan fingerprint density at radius 3 is 3.09 bits per heavy atom. The number of hydrogen-bond acceptors (Lipinski definition) is 4. The SMILES string of the molecule is COC(=O)N1CC[C@@H]2CCC=C(c3cccc4c3OCO4)[C@@H]21. The van der Waals surface area contributed by atoms with E-state index >= 15 is 0 Å². The Labute approximate surface area is 129 Å². The first kappa shape index (κ1) is 13.5. The van der Waals surface area contributed by atoms with Gasteiger partial charge in [0.1, 0.15) is 0 Å². The smallest absolute Gasteiger partial charge is 0.410 e. The van der Waals surface area contributed by atoms with E-state index in [0.29, 0.717) is 5.92 Å². The maximum Gasteiger partial charge on any atom is 0.410 e. The normalized spacial score (nSPS) is 25.7. The number of fused-ring (bicyclic) bond motifs is 2. The van der Waals surface area contributed by atoms with Crippen molar-refractivity contribution in [3.63, 3.8) is 0 Å². The molecular formula is C17H19NO4. The van der Waals surface area contributed by atoms with Gasteiger partial charge < -0.3 is 19.1 Å². The molecule has 0 aromatic heterocycles. The minimum atomic E-state index is -0.245. The van der Waals surface area contributed by atoms with Crippen molar-refractivity contribution in [2.24, 2.45) is 5.92 Å². The predicted molar refractivity (Wildman–Crippen MR) is 80.8 cm³/mol. The van der Waals surface area contributed by atoms with Crippen LogP contribution in [0.2, 0.25) is 0 Å². The second-order valence-corrected chi connectivity index (χ2v) is 5.93. The number of carbonyl (C=O) groups is 1. The zero-order valence-corrected chi connectivity index (χ0v) is 12.6. The third-order valence-electron chi connectivity index (χ3n) is 4.86. The molecule has 0 spiro atoms. The minimum absolute atomic E-state index is 0.0805. The Kier molecular flexibility index (Phi) is 3.21. The van der Waals surface area contributed by atoms with Gasteiger partial charge in [-0.2, -0.15) is 0 Å². The summed E-state index contributed by atoms with van der Waals surface area (Å²) in [6, 6.07) is 6.02. The first-order valence-corrected chi connectivity index (χ1v) is 7.73. The van der Waals surface area contributed by atoms with Gasteiger partial charge in [0.2, 0.25) is 6.79 Å². The summed E-state index contributed by atoms with van der Waals surface area (Å²) < 4.78 is 16.1. The zero-order valence-electron chi connectivity index (χ0n) is 12.6. The molecule has 0 saturated carbocycles. The molecule has 2 atom stereocenters. The van der Waals surface area contributed by atoms with Crippen LogP contribution in [0.15, 0.2) is 24.3 Å². The number of nitrogens with zero attached hydrogens (tertiary/aromatic N) is 1. The van der Waals surface area contributed by atoms with Crippen LogP contribution in [0.1, 0.15) is 24.8 Å². The molecular weight excluding hydrogens is 282 g/mol. The van der Waals surface area contributed by atoms with Crippen LogP contribution < -0.4 is 9.47 Å². The van der Waals surface area contributed by atoms with Crippen LogP contribution in [0.5, 0.6) is 11.5 Å². The molecule has 5 nitrogen and oxygen atoms in total. The van der Waals surface area contributed by atoms with E-state index in [2.05, 4.69) is 12.1 Å². The number of benzene rings is 1. The molecule has 3 aliphatic rings. The average Bonchev–Trinajstić information content (AvgIpc) is 3.20. The second-order valence-electron chi connectivity index (χ2n) is 5.93. The third kappa shape index (κ3) is 1.95. The van der Waals surface area contributed by atoms with Gasteiger partial charge in [-0.15, -0.1) is 0 Å². The van der Waals surface area contributed by atoms with Crippen molar-refractivity contribution in [2.45, 2.75) is 25.3 Å².